The molecule has 1 aromatic carbocycles. The molecule has 0 saturated carbocycles. The van der Waals surface area contributed by atoms with Crippen LogP contribution in [-0.4, -0.2) is 20.7 Å². The summed E-state index contributed by atoms with van der Waals surface area (Å²) in [5.41, 5.74) is 3.31. The van der Waals surface area contributed by atoms with Crippen LogP contribution in [0, 0.1) is 0 Å². The SMILES string of the molecule is C[C@H](NC(=O)CCc1cnn(C)c1)c1ccc2[nH]ccc2c1. The molecule has 0 fully saturated rings. The van der Waals surface area contributed by atoms with Crippen molar-refractivity contribution in [2.24, 2.45) is 7.05 Å². The highest BCUT2D eigenvalue weighted by atomic mass is 16.1. The van der Waals surface area contributed by atoms with E-state index < -0.39 is 0 Å². The van der Waals surface area contributed by atoms with Gasteiger partial charge >= 0.3 is 0 Å². The summed E-state index contributed by atoms with van der Waals surface area (Å²) in [4.78, 5) is 15.2. The highest BCUT2D eigenvalue weighted by Crippen LogP contribution is 2.19. The van der Waals surface area contributed by atoms with E-state index in [0.29, 0.717) is 12.8 Å². The first-order valence-corrected chi connectivity index (χ1v) is 7.46. The number of carbonyl (C=O) groups is 1. The lowest BCUT2D eigenvalue weighted by molar-refractivity contribution is -0.121. The number of rotatable bonds is 5. The van der Waals surface area contributed by atoms with Crippen LogP contribution in [0.15, 0.2) is 42.9 Å². The van der Waals surface area contributed by atoms with Crippen molar-refractivity contribution in [3.8, 4) is 0 Å². The van der Waals surface area contributed by atoms with Gasteiger partial charge in [0.25, 0.3) is 0 Å². The number of nitrogens with one attached hydrogen (secondary N) is 2. The Morgan fingerprint density at radius 2 is 2.27 bits per heavy atom. The maximum absolute atomic E-state index is 12.1. The van der Waals surface area contributed by atoms with Gasteiger partial charge in [-0.05, 0) is 48.1 Å². The third kappa shape index (κ3) is 3.19. The second-order valence-corrected chi connectivity index (χ2v) is 5.64. The second kappa shape index (κ2) is 6.05. The lowest BCUT2D eigenvalue weighted by Crippen LogP contribution is -2.26. The predicted molar refractivity (Wildman–Crippen MR) is 86.4 cm³/mol. The molecule has 114 valence electrons. The van der Waals surface area contributed by atoms with Crippen LogP contribution in [0.3, 0.4) is 0 Å². The predicted octanol–water partition coefficient (Wildman–Crippen LogP) is 2.71. The van der Waals surface area contributed by atoms with Crippen LogP contribution in [0.25, 0.3) is 10.9 Å². The number of fused-ring (bicyclic) bond motifs is 1. The van der Waals surface area contributed by atoms with Crippen LogP contribution >= 0.6 is 0 Å². The number of H-pyrrole nitrogens is 1. The Balaban J connectivity index is 1.58. The van der Waals surface area contributed by atoms with Gasteiger partial charge in [-0.3, -0.25) is 9.48 Å². The van der Waals surface area contributed by atoms with Crippen molar-refractivity contribution >= 4 is 16.8 Å². The number of aromatic amines is 1. The highest BCUT2D eigenvalue weighted by Gasteiger charge is 2.10. The molecule has 2 N–H and O–H groups in total. The summed E-state index contributed by atoms with van der Waals surface area (Å²) in [7, 11) is 1.88. The second-order valence-electron chi connectivity index (χ2n) is 5.64. The number of aromatic nitrogens is 3. The van der Waals surface area contributed by atoms with Crippen molar-refractivity contribution in [1.29, 1.82) is 0 Å². The van der Waals surface area contributed by atoms with E-state index in [1.807, 2.05) is 44.6 Å². The van der Waals surface area contributed by atoms with E-state index in [9.17, 15) is 4.79 Å². The lowest BCUT2D eigenvalue weighted by atomic mass is 10.1. The topological polar surface area (TPSA) is 62.7 Å². The third-order valence-electron chi connectivity index (χ3n) is 3.85. The smallest absolute Gasteiger partial charge is 0.220 e. The van der Waals surface area contributed by atoms with Gasteiger partial charge in [-0.25, -0.2) is 0 Å². The van der Waals surface area contributed by atoms with Gasteiger partial charge in [-0.15, -0.1) is 0 Å². The van der Waals surface area contributed by atoms with Gasteiger partial charge in [0.15, 0.2) is 0 Å². The average Bonchev–Trinajstić information content (AvgIpc) is 3.12. The maximum atomic E-state index is 12.1. The molecule has 2 heterocycles. The van der Waals surface area contributed by atoms with Gasteiger partial charge in [-0.1, -0.05) is 6.07 Å². The van der Waals surface area contributed by atoms with Gasteiger partial charge < -0.3 is 10.3 Å². The van der Waals surface area contributed by atoms with E-state index >= 15 is 0 Å². The Kier molecular flexibility index (Phi) is 3.96. The van der Waals surface area contributed by atoms with E-state index in [1.165, 1.54) is 0 Å². The summed E-state index contributed by atoms with van der Waals surface area (Å²) in [6, 6.07) is 8.24. The van der Waals surface area contributed by atoms with Crippen LogP contribution in [0.4, 0.5) is 0 Å². The molecule has 2 aromatic heterocycles. The van der Waals surface area contributed by atoms with Crippen LogP contribution in [-0.2, 0) is 18.3 Å². The minimum absolute atomic E-state index is 0.000647. The first-order chi connectivity index (χ1) is 10.6. The quantitative estimate of drug-likeness (QED) is 0.760. The Morgan fingerprint density at radius 3 is 3.05 bits per heavy atom. The fraction of sp³-hybridized carbons (Fsp3) is 0.294. The monoisotopic (exact) mass is 296 g/mol. The molecule has 1 atom stereocenters. The molecule has 0 spiro atoms. The largest absolute Gasteiger partial charge is 0.361 e. The van der Waals surface area contributed by atoms with Gasteiger partial charge in [0.05, 0.1) is 12.2 Å². The van der Waals surface area contributed by atoms with Gasteiger partial charge in [0, 0.05) is 31.4 Å². The fourth-order valence-corrected chi connectivity index (χ4v) is 2.60. The zero-order chi connectivity index (χ0) is 15.5. The molecule has 0 saturated heterocycles. The minimum Gasteiger partial charge on any atom is -0.361 e. The summed E-state index contributed by atoms with van der Waals surface area (Å²) in [5, 5.41) is 8.32. The average molecular weight is 296 g/mol. The Bertz CT molecular complexity index is 787. The summed E-state index contributed by atoms with van der Waals surface area (Å²) in [6.07, 6.45) is 6.85. The van der Waals surface area contributed by atoms with Crippen molar-refractivity contribution in [2.75, 3.05) is 0 Å². The Morgan fingerprint density at radius 1 is 1.41 bits per heavy atom. The van der Waals surface area contributed by atoms with Crippen LogP contribution in [0.1, 0.15) is 30.5 Å². The third-order valence-corrected chi connectivity index (χ3v) is 3.85. The van der Waals surface area contributed by atoms with Gasteiger partial charge in [0.2, 0.25) is 5.91 Å². The molecule has 3 rings (SSSR count). The molecule has 0 aliphatic rings. The van der Waals surface area contributed by atoms with Crippen LogP contribution < -0.4 is 5.32 Å². The zero-order valence-electron chi connectivity index (χ0n) is 12.8. The number of hydrogen-bond donors (Lipinski definition) is 2. The summed E-state index contributed by atoms with van der Waals surface area (Å²) < 4.78 is 1.75. The number of aryl methyl sites for hydroxylation is 2. The number of nitrogens with zero attached hydrogens (tertiary/aromatic N) is 2. The molecule has 0 bridgehead atoms. The van der Waals surface area contributed by atoms with E-state index in [4.69, 9.17) is 0 Å². The number of hydrogen-bond acceptors (Lipinski definition) is 2. The molecule has 0 radical (unpaired) electrons. The van der Waals surface area contributed by atoms with Crippen LogP contribution in [0.2, 0.25) is 0 Å². The molecule has 3 aromatic rings. The number of amides is 1. The summed E-state index contributed by atoms with van der Waals surface area (Å²) >= 11 is 0. The summed E-state index contributed by atoms with van der Waals surface area (Å²) in [6.45, 7) is 2.01. The fourth-order valence-electron chi connectivity index (χ4n) is 2.60. The lowest BCUT2D eigenvalue weighted by Gasteiger charge is -2.14. The van der Waals surface area contributed by atoms with Crippen LogP contribution in [0.5, 0.6) is 0 Å². The molecule has 5 nitrogen and oxygen atoms in total. The van der Waals surface area contributed by atoms with E-state index in [-0.39, 0.29) is 11.9 Å². The van der Waals surface area contributed by atoms with Crippen molar-refractivity contribution in [1.82, 2.24) is 20.1 Å². The number of carbonyl (C=O) groups excluding carboxylic acids is 1. The van der Waals surface area contributed by atoms with Crippen molar-refractivity contribution < 1.29 is 4.79 Å². The van der Waals surface area contributed by atoms with Gasteiger partial charge in [-0.2, -0.15) is 5.10 Å². The first kappa shape index (κ1) is 14.4. The summed E-state index contributed by atoms with van der Waals surface area (Å²) in [5.74, 6) is 0.0607. The molecule has 22 heavy (non-hydrogen) atoms. The minimum atomic E-state index is 0.000647. The molecule has 0 aliphatic carbocycles. The molecule has 1 amide bonds. The van der Waals surface area contributed by atoms with Gasteiger partial charge in [0.1, 0.15) is 0 Å². The number of benzene rings is 1. The van der Waals surface area contributed by atoms with Crippen molar-refractivity contribution in [3.63, 3.8) is 0 Å². The first-order valence-electron chi connectivity index (χ1n) is 7.46. The molecule has 0 unspecified atom stereocenters. The van der Waals surface area contributed by atoms with Crippen molar-refractivity contribution in [2.45, 2.75) is 25.8 Å². The zero-order valence-corrected chi connectivity index (χ0v) is 12.8. The van der Waals surface area contributed by atoms with E-state index in [1.54, 1.807) is 10.9 Å². The van der Waals surface area contributed by atoms with E-state index in [2.05, 4.69) is 21.5 Å². The molecule has 5 heteroatoms. The standard InChI is InChI=1S/C17H20N4O/c1-12(14-4-5-16-15(9-14)7-8-18-16)20-17(22)6-3-13-10-19-21(2)11-13/h4-5,7-12,18H,3,6H2,1-2H3,(H,20,22)/t12-/m0/s1. The Hall–Kier alpha value is -2.56. The highest BCUT2D eigenvalue weighted by molar-refractivity contribution is 5.80. The maximum Gasteiger partial charge on any atom is 0.220 e. The normalized spacial score (nSPS) is 12.5. The molecular formula is C17H20N4O. The molecule has 0 aliphatic heterocycles. The van der Waals surface area contributed by atoms with E-state index in [0.717, 1.165) is 22.0 Å². The Labute approximate surface area is 129 Å². The molecular weight excluding hydrogens is 276 g/mol. The van der Waals surface area contributed by atoms with Crippen molar-refractivity contribution in [3.05, 3.63) is 54.0 Å².